The van der Waals surface area contributed by atoms with E-state index in [0.717, 1.165) is 12.7 Å². The lowest BCUT2D eigenvalue weighted by Crippen LogP contribution is -2.40. The van der Waals surface area contributed by atoms with Crippen molar-refractivity contribution in [3.05, 3.63) is 34.4 Å². The van der Waals surface area contributed by atoms with Gasteiger partial charge in [-0.1, -0.05) is 13.3 Å². The van der Waals surface area contributed by atoms with Crippen LogP contribution in [-0.4, -0.2) is 23.2 Å². The Morgan fingerprint density at radius 1 is 1.53 bits per heavy atom. The molecule has 5 nitrogen and oxygen atoms in total. The van der Waals surface area contributed by atoms with Crippen LogP contribution in [0.1, 0.15) is 37.0 Å². The van der Waals surface area contributed by atoms with Crippen LogP contribution in [0.5, 0.6) is 0 Å². The van der Waals surface area contributed by atoms with Crippen LogP contribution in [0.25, 0.3) is 0 Å². The van der Waals surface area contributed by atoms with Gasteiger partial charge in [0.05, 0.1) is 11.2 Å². The van der Waals surface area contributed by atoms with Gasteiger partial charge in [-0.25, -0.2) is 4.79 Å². The second-order valence-electron chi connectivity index (χ2n) is 4.27. The van der Waals surface area contributed by atoms with Crippen molar-refractivity contribution in [1.29, 1.82) is 0 Å². The van der Waals surface area contributed by atoms with Crippen molar-refractivity contribution < 1.29 is 14.3 Å². The van der Waals surface area contributed by atoms with Crippen LogP contribution in [0.15, 0.2) is 27.6 Å². The van der Waals surface area contributed by atoms with Gasteiger partial charge in [-0.2, -0.15) is 0 Å². The minimum absolute atomic E-state index is 0.165. The zero-order valence-electron chi connectivity index (χ0n) is 10.0. The normalized spacial score (nSPS) is 14.1. The van der Waals surface area contributed by atoms with Crippen molar-refractivity contribution in [1.82, 2.24) is 5.32 Å². The average molecular weight is 239 g/mol. The molecule has 0 saturated carbocycles. The maximum absolute atomic E-state index is 11.6. The summed E-state index contributed by atoms with van der Waals surface area (Å²) in [7, 11) is 0. The summed E-state index contributed by atoms with van der Waals surface area (Å²) in [6.07, 6.45) is 2.55. The van der Waals surface area contributed by atoms with Gasteiger partial charge in [-0.05, 0) is 19.4 Å². The van der Waals surface area contributed by atoms with Crippen molar-refractivity contribution in [2.75, 3.05) is 6.54 Å². The number of hydrogen-bond donors (Lipinski definition) is 2. The zero-order valence-corrected chi connectivity index (χ0v) is 10.0. The smallest absolute Gasteiger partial charge is 0.335 e. The van der Waals surface area contributed by atoms with Crippen LogP contribution in [0.4, 0.5) is 0 Å². The highest BCUT2D eigenvalue weighted by molar-refractivity contribution is 5.93. The molecule has 1 heterocycles. The third kappa shape index (κ3) is 4.40. The number of aliphatic hydroxyl groups is 1. The predicted molar refractivity (Wildman–Crippen MR) is 62.8 cm³/mol. The summed E-state index contributed by atoms with van der Waals surface area (Å²) in [5.74, 6) is -0.370. The molecule has 0 fully saturated rings. The summed E-state index contributed by atoms with van der Waals surface area (Å²) in [4.78, 5) is 22.3. The highest BCUT2D eigenvalue weighted by atomic mass is 16.4. The lowest BCUT2D eigenvalue weighted by molar-refractivity contribution is 0.0469. The van der Waals surface area contributed by atoms with E-state index in [9.17, 15) is 14.7 Å². The van der Waals surface area contributed by atoms with Gasteiger partial charge >= 0.3 is 5.63 Å². The molecule has 0 radical (unpaired) electrons. The lowest BCUT2D eigenvalue weighted by atomic mass is 10.0. The Bertz CT molecular complexity index is 416. The molecule has 0 aliphatic carbocycles. The molecule has 0 aromatic carbocycles. The number of hydrogen-bond acceptors (Lipinski definition) is 4. The number of rotatable bonds is 5. The first kappa shape index (κ1) is 13.4. The first-order chi connectivity index (χ1) is 7.94. The minimum atomic E-state index is -0.917. The molecule has 0 aliphatic heterocycles. The second kappa shape index (κ2) is 5.63. The van der Waals surface area contributed by atoms with Gasteiger partial charge in [0.25, 0.3) is 5.91 Å². The van der Waals surface area contributed by atoms with E-state index in [0.29, 0.717) is 6.42 Å². The summed E-state index contributed by atoms with van der Waals surface area (Å²) in [6, 6.07) is 2.56. The molecule has 2 N–H and O–H groups in total. The Kier molecular flexibility index (Phi) is 4.45. The minimum Gasteiger partial charge on any atom is -0.430 e. The Morgan fingerprint density at radius 2 is 2.24 bits per heavy atom. The molecule has 0 aliphatic rings. The highest BCUT2D eigenvalue weighted by Gasteiger charge is 2.20. The predicted octanol–water partition coefficient (Wildman–Crippen LogP) is 0.921. The van der Waals surface area contributed by atoms with Gasteiger partial charge in [0.15, 0.2) is 0 Å². The zero-order chi connectivity index (χ0) is 12.9. The maximum Gasteiger partial charge on any atom is 0.335 e. The first-order valence-corrected chi connectivity index (χ1v) is 5.54. The van der Waals surface area contributed by atoms with Gasteiger partial charge in [0.1, 0.15) is 6.26 Å². The number of carbonyl (C=O) groups excluding carboxylic acids is 1. The molecule has 0 spiro atoms. The van der Waals surface area contributed by atoms with Crippen molar-refractivity contribution in [2.24, 2.45) is 0 Å². The summed E-state index contributed by atoms with van der Waals surface area (Å²) in [6.45, 7) is 3.79. The first-order valence-electron chi connectivity index (χ1n) is 5.54. The van der Waals surface area contributed by atoms with Crippen LogP contribution < -0.4 is 10.9 Å². The summed E-state index contributed by atoms with van der Waals surface area (Å²) < 4.78 is 4.58. The second-order valence-corrected chi connectivity index (χ2v) is 4.27. The number of nitrogens with one attached hydrogen (secondary N) is 1. The molecule has 1 amide bonds. The lowest BCUT2D eigenvalue weighted by Gasteiger charge is -2.22. The molecule has 17 heavy (non-hydrogen) atoms. The van der Waals surface area contributed by atoms with E-state index in [1.165, 1.54) is 12.1 Å². The molecule has 1 aromatic rings. The molecule has 0 bridgehead atoms. The molecule has 5 heteroatoms. The molecule has 1 atom stereocenters. The Balaban J connectivity index is 2.55. The van der Waals surface area contributed by atoms with Crippen LogP contribution in [0, 0.1) is 0 Å². The SMILES string of the molecule is CCCC(C)(O)CNC(=O)c1ccc(=O)oc1. The quantitative estimate of drug-likeness (QED) is 0.800. The molecular weight excluding hydrogens is 222 g/mol. The van der Waals surface area contributed by atoms with E-state index >= 15 is 0 Å². The van der Waals surface area contributed by atoms with Gasteiger partial charge in [-0.15, -0.1) is 0 Å². The van der Waals surface area contributed by atoms with E-state index in [4.69, 9.17) is 0 Å². The summed E-state index contributed by atoms with van der Waals surface area (Å²) >= 11 is 0. The molecule has 1 aromatic heterocycles. The maximum atomic E-state index is 11.6. The third-order valence-corrected chi connectivity index (χ3v) is 2.38. The van der Waals surface area contributed by atoms with Gasteiger partial charge in [0, 0.05) is 12.6 Å². The van der Waals surface area contributed by atoms with E-state index in [2.05, 4.69) is 9.73 Å². The Labute approximate surface area is 99.5 Å². The molecule has 1 rings (SSSR count). The van der Waals surface area contributed by atoms with Crippen molar-refractivity contribution >= 4 is 5.91 Å². The van der Waals surface area contributed by atoms with Gasteiger partial charge in [0.2, 0.25) is 0 Å². The van der Waals surface area contributed by atoms with Crippen LogP contribution in [0.2, 0.25) is 0 Å². The van der Waals surface area contributed by atoms with E-state index in [1.807, 2.05) is 6.92 Å². The van der Waals surface area contributed by atoms with Crippen LogP contribution in [-0.2, 0) is 0 Å². The molecule has 94 valence electrons. The van der Waals surface area contributed by atoms with Crippen molar-refractivity contribution in [3.8, 4) is 0 Å². The number of carbonyl (C=O) groups is 1. The van der Waals surface area contributed by atoms with Crippen molar-refractivity contribution in [3.63, 3.8) is 0 Å². The van der Waals surface area contributed by atoms with E-state index in [-0.39, 0.29) is 18.0 Å². The highest BCUT2D eigenvalue weighted by Crippen LogP contribution is 2.10. The Morgan fingerprint density at radius 3 is 2.76 bits per heavy atom. The fourth-order valence-electron chi connectivity index (χ4n) is 1.49. The molecule has 1 unspecified atom stereocenters. The van der Waals surface area contributed by atoms with Gasteiger partial charge < -0.3 is 14.8 Å². The monoisotopic (exact) mass is 239 g/mol. The van der Waals surface area contributed by atoms with Crippen LogP contribution in [0.3, 0.4) is 0 Å². The standard InChI is InChI=1S/C12H17NO4/c1-3-6-12(2,16)8-13-11(15)9-4-5-10(14)17-7-9/h4-5,7,16H,3,6,8H2,1-2H3,(H,13,15). The number of amides is 1. The van der Waals surface area contributed by atoms with Crippen LogP contribution >= 0.6 is 0 Å². The largest absolute Gasteiger partial charge is 0.430 e. The molecule has 0 saturated heterocycles. The third-order valence-electron chi connectivity index (χ3n) is 2.38. The van der Waals surface area contributed by atoms with E-state index in [1.54, 1.807) is 6.92 Å². The summed E-state index contributed by atoms with van der Waals surface area (Å²) in [5, 5.41) is 12.5. The Hall–Kier alpha value is -1.62. The van der Waals surface area contributed by atoms with Crippen molar-refractivity contribution in [2.45, 2.75) is 32.3 Å². The fourth-order valence-corrected chi connectivity index (χ4v) is 1.49. The fraction of sp³-hybridized carbons (Fsp3) is 0.500. The van der Waals surface area contributed by atoms with E-state index < -0.39 is 11.2 Å². The van der Waals surface area contributed by atoms with Gasteiger partial charge in [-0.3, -0.25) is 4.79 Å². The molecular formula is C12H17NO4. The topological polar surface area (TPSA) is 79.5 Å². The average Bonchev–Trinajstić information content (AvgIpc) is 2.27. The summed E-state index contributed by atoms with van der Waals surface area (Å²) in [5.41, 5.74) is -1.16.